The SMILES string of the molecule is Cc1cc(C)nc(OC[C@@]2(O)CCN(C(=O)C[C@@H](C)c3ccccc3)CC2(C)C)n1. The van der Waals surface area contributed by atoms with Crippen LogP contribution in [-0.4, -0.2) is 51.2 Å². The van der Waals surface area contributed by atoms with E-state index in [1.807, 2.05) is 56.9 Å². The molecule has 1 aromatic heterocycles. The molecule has 0 unspecified atom stereocenters. The number of benzene rings is 1. The maximum atomic E-state index is 12.9. The van der Waals surface area contributed by atoms with E-state index < -0.39 is 11.0 Å². The molecule has 1 fully saturated rings. The van der Waals surface area contributed by atoms with E-state index in [4.69, 9.17) is 4.74 Å². The molecule has 0 spiro atoms. The van der Waals surface area contributed by atoms with Crippen molar-refractivity contribution in [2.24, 2.45) is 5.41 Å². The lowest BCUT2D eigenvalue weighted by Crippen LogP contribution is -2.61. The minimum absolute atomic E-state index is 0.103. The summed E-state index contributed by atoms with van der Waals surface area (Å²) in [6, 6.07) is 12.3. The Balaban J connectivity index is 1.61. The van der Waals surface area contributed by atoms with Crippen LogP contribution in [0.4, 0.5) is 0 Å². The summed E-state index contributed by atoms with van der Waals surface area (Å²) in [6.07, 6.45) is 0.918. The first-order valence-electron chi connectivity index (χ1n) is 10.6. The van der Waals surface area contributed by atoms with Gasteiger partial charge in [0.2, 0.25) is 5.91 Å². The van der Waals surface area contributed by atoms with E-state index in [9.17, 15) is 9.90 Å². The molecular weight excluding hydrogens is 378 g/mol. The van der Waals surface area contributed by atoms with Gasteiger partial charge < -0.3 is 14.7 Å². The Morgan fingerprint density at radius 3 is 2.43 bits per heavy atom. The molecule has 30 heavy (non-hydrogen) atoms. The smallest absolute Gasteiger partial charge is 0.316 e. The fraction of sp³-hybridized carbons (Fsp3) is 0.542. The van der Waals surface area contributed by atoms with Crippen molar-refractivity contribution >= 4 is 5.91 Å². The number of carbonyl (C=O) groups excluding carboxylic acids is 1. The molecule has 1 amide bonds. The standard InChI is InChI=1S/C24H33N3O3/c1-17(20-9-7-6-8-10-20)13-21(28)27-12-11-24(29,23(4,5)15-27)16-30-22-25-18(2)14-19(3)26-22/h6-10,14,17,29H,11-13,15-16H2,1-5H3/t17-,24+/m1/s1. The number of likely N-dealkylation sites (tertiary alicyclic amines) is 1. The van der Waals surface area contributed by atoms with Crippen LogP contribution in [0.1, 0.15) is 56.5 Å². The van der Waals surface area contributed by atoms with E-state index in [2.05, 4.69) is 29.0 Å². The third-order valence-corrected chi connectivity index (χ3v) is 6.25. The van der Waals surface area contributed by atoms with Crippen LogP contribution >= 0.6 is 0 Å². The normalized spacial score (nSPS) is 21.9. The summed E-state index contributed by atoms with van der Waals surface area (Å²) in [4.78, 5) is 23.4. The molecule has 1 aliphatic heterocycles. The number of hydrogen-bond acceptors (Lipinski definition) is 5. The minimum Gasteiger partial charge on any atom is -0.460 e. The van der Waals surface area contributed by atoms with Gasteiger partial charge >= 0.3 is 6.01 Å². The van der Waals surface area contributed by atoms with Crippen molar-refractivity contribution in [1.29, 1.82) is 0 Å². The van der Waals surface area contributed by atoms with Gasteiger partial charge in [-0.2, -0.15) is 0 Å². The van der Waals surface area contributed by atoms with Gasteiger partial charge in [-0.3, -0.25) is 4.79 Å². The molecule has 0 bridgehead atoms. The fourth-order valence-corrected chi connectivity index (χ4v) is 4.07. The van der Waals surface area contributed by atoms with Crippen molar-refractivity contribution in [2.45, 2.75) is 59.0 Å². The van der Waals surface area contributed by atoms with Gasteiger partial charge in [0, 0.05) is 36.3 Å². The van der Waals surface area contributed by atoms with Crippen LogP contribution < -0.4 is 4.74 Å². The second kappa shape index (κ2) is 8.72. The molecule has 2 aromatic rings. The van der Waals surface area contributed by atoms with Gasteiger partial charge in [-0.05, 0) is 37.8 Å². The first-order chi connectivity index (χ1) is 14.1. The Hall–Kier alpha value is -2.47. The van der Waals surface area contributed by atoms with E-state index in [1.165, 1.54) is 5.56 Å². The second-order valence-electron chi connectivity index (χ2n) is 9.22. The minimum atomic E-state index is -1.06. The van der Waals surface area contributed by atoms with Gasteiger partial charge in [0.1, 0.15) is 12.2 Å². The number of aryl methyl sites for hydroxylation is 2. The molecule has 1 saturated heterocycles. The lowest BCUT2D eigenvalue weighted by Gasteiger charge is -2.49. The molecule has 1 aromatic carbocycles. The van der Waals surface area contributed by atoms with Crippen LogP contribution in [0.2, 0.25) is 0 Å². The molecule has 0 radical (unpaired) electrons. The summed E-state index contributed by atoms with van der Waals surface area (Å²) >= 11 is 0. The molecule has 2 heterocycles. The first kappa shape index (κ1) is 22.2. The van der Waals surface area contributed by atoms with Crippen LogP contribution in [0.25, 0.3) is 0 Å². The largest absolute Gasteiger partial charge is 0.460 e. The number of aliphatic hydroxyl groups is 1. The lowest BCUT2D eigenvalue weighted by molar-refractivity contribution is -0.158. The number of rotatable bonds is 6. The summed E-state index contributed by atoms with van der Waals surface area (Å²) in [5.41, 5.74) is 1.25. The lowest BCUT2D eigenvalue weighted by atomic mass is 9.70. The van der Waals surface area contributed by atoms with Gasteiger partial charge in [0.15, 0.2) is 0 Å². The number of piperidine rings is 1. The summed E-state index contributed by atoms with van der Waals surface area (Å²) in [6.45, 7) is 10.9. The van der Waals surface area contributed by atoms with Crippen LogP contribution in [0.15, 0.2) is 36.4 Å². The van der Waals surface area contributed by atoms with Gasteiger partial charge in [-0.15, -0.1) is 0 Å². The van der Waals surface area contributed by atoms with E-state index in [1.54, 1.807) is 0 Å². The van der Waals surface area contributed by atoms with Gasteiger partial charge in [-0.1, -0.05) is 51.1 Å². The molecule has 2 atom stereocenters. The summed E-state index contributed by atoms with van der Waals surface area (Å²) in [5, 5.41) is 11.3. The van der Waals surface area contributed by atoms with Crippen molar-refractivity contribution in [3.05, 3.63) is 53.3 Å². The first-order valence-corrected chi connectivity index (χ1v) is 10.6. The van der Waals surface area contributed by atoms with Gasteiger partial charge in [0.05, 0.1) is 0 Å². The molecule has 0 aliphatic carbocycles. The maximum Gasteiger partial charge on any atom is 0.316 e. The average molecular weight is 412 g/mol. The summed E-state index contributed by atoms with van der Waals surface area (Å²) in [7, 11) is 0. The highest BCUT2D eigenvalue weighted by Gasteiger charge is 2.49. The van der Waals surface area contributed by atoms with E-state index >= 15 is 0 Å². The zero-order chi connectivity index (χ0) is 21.9. The highest BCUT2D eigenvalue weighted by molar-refractivity contribution is 5.77. The average Bonchev–Trinajstić information content (AvgIpc) is 2.68. The number of aromatic nitrogens is 2. The monoisotopic (exact) mass is 411 g/mol. The molecule has 6 nitrogen and oxygen atoms in total. The topological polar surface area (TPSA) is 75.6 Å². The number of amides is 1. The third-order valence-electron chi connectivity index (χ3n) is 6.25. The number of ether oxygens (including phenoxy) is 1. The second-order valence-corrected chi connectivity index (χ2v) is 9.22. The molecule has 1 N–H and O–H groups in total. The van der Waals surface area contributed by atoms with Crippen molar-refractivity contribution < 1.29 is 14.6 Å². The van der Waals surface area contributed by atoms with Crippen molar-refractivity contribution in [1.82, 2.24) is 14.9 Å². The molecule has 6 heteroatoms. The molecular formula is C24H33N3O3. The number of hydrogen-bond donors (Lipinski definition) is 1. The number of nitrogens with zero attached hydrogens (tertiary/aromatic N) is 3. The number of carbonyl (C=O) groups is 1. The highest BCUT2D eigenvalue weighted by Crippen LogP contribution is 2.39. The van der Waals surface area contributed by atoms with Crippen LogP contribution in [0.5, 0.6) is 6.01 Å². The molecule has 0 saturated carbocycles. The van der Waals surface area contributed by atoms with Crippen LogP contribution in [0, 0.1) is 19.3 Å². The van der Waals surface area contributed by atoms with E-state index in [0.29, 0.717) is 25.9 Å². The Morgan fingerprint density at radius 1 is 1.20 bits per heavy atom. The Morgan fingerprint density at radius 2 is 1.83 bits per heavy atom. The zero-order valence-corrected chi connectivity index (χ0v) is 18.7. The van der Waals surface area contributed by atoms with Crippen molar-refractivity contribution in [2.75, 3.05) is 19.7 Å². The van der Waals surface area contributed by atoms with Crippen molar-refractivity contribution in [3.63, 3.8) is 0 Å². The third kappa shape index (κ3) is 4.98. The molecule has 3 rings (SSSR count). The van der Waals surface area contributed by atoms with Crippen LogP contribution in [0.3, 0.4) is 0 Å². The quantitative estimate of drug-likeness (QED) is 0.785. The molecule has 1 aliphatic rings. The highest BCUT2D eigenvalue weighted by atomic mass is 16.5. The Kier molecular flexibility index (Phi) is 6.46. The van der Waals surface area contributed by atoms with Gasteiger partial charge in [-0.25, -0.2) is 9.97 Å². The Bertz CT molecular complexity index is 864. The molecule has 162 valence electrons. The van der Waals surface area contributed by atoms with E-state index in [-0.39, 0.29) is 24.4 Å². The predicted octanol–water partition coefficient (Wildman–Crippen LogP) is 3.66. The predicted molar refractivity (Wildman–Crippen MR) is 116 cm³/mol. The summed E-state index contributed by atoms with van der Waals surface area (Å²) < 4.78 is 5.79. The van der Waals surface area contributed by atoms with Crippen molar-refractivity contribution in [3.8, 4) is 6.01 Å². The van der Waals surface area contributed by atoms with Crippen LogP contribution in [-0.2, 0) is 4.79 Å². The maximum absolute atomic E-state index is 12.9. The fourth-order valence-electron chi connectivity index (χ4n) is 4.07. The Labute approximate surface area is 179 Å². The van der Waals surface area contributed by atoms with Gasteiger partial charge in [0.25, 0.3) is 0 Å². The van der Waals surface area contributed by atoms with E-state index in [0.717, 1.165) is 11.4 Å². The summed E-state index contributed by atoms with van der Waals surface area (Å²) in [5.74, 6) is 0.285. The zero-order valence-electron chi connectivity index (χ0n) is 18.7.